The second-order valence-electron chi connectivity index (χ2n) is 18.7. The van der Waals surface area contributed by atoms with Gasteiger partial charge in [0.15, 0.2) is 5.78 Å². The van der Waals surface area contributed by atoms with Gasteiger partial charge in [-0.2, -0.15) is 0 Å². The van der Waals surface area contributed by atoms with Crippen LogP contribution in [0.2, 0.25) is 0 Å². The molecule has 0 radical (unpaired) electrons. The number of allylic oxidation sites excluding steroid dienone is 4. The molecule has 8 unspecified atom stereocenters. The monoisotopic (exact) mass is 641 g/mol. The van der Waals surface area contributed by atoms with E-state index < -0.39 is 5.60 Å². The van der Waals surface area contributed by atoms with Crippen molar-refractivity contribution in [3.63, 3.8) is 0 Å². The van der Waals surface area contributed by atoms with Gasteiger partial charge in [0, 0.05) is 33.2 Å². The van der Waals surface area contributed by atoms with Gasteiger partial charge in [0.1, 0.15) is 5.60 Å². The number of hydrogen-bond acceptors (Lipinski definition) is 5. The van der Waals surface area contributed by atoms with Crippen LogP contribution in [0, 0.1) is 63.6 Å². The molecule has 1 saturated heterocycles. The van der Waals surface area contributed by atoms with Crippen LogP contribution in [0.3, 0.4) is 0 Å². The van der Waals surface area contributed by atoms with Gasteiger partial charge in [0.2, 0.25) is 0 Å². The normalized spacial score (nSPS) is 52.5. The van der Waals surface area contributed by atoms with E-state index in [1.807, 2.05) is 6.07 Å². The summed E-state index contributed by atoms with van der Waals surface area (Å²) in [7, 11) is 0. The molecule has 8 fully saturated rings. The summed E-state index contributed by atoms with van der Waals surface area (Å²) < 4.78 is 6.75. The van der Waals surface area contributed by atoms with Crippen molar-refractivity contribution in [2.24, 2.45) is 56.7 Å². The minimum atomic E-state index is -0.492. The van der Waals surface area contributed by atoms with Gasteiger partial charge in [-0.15, -0.1) is 11.3 Å². The van der Waals surface area contributed by atoms with Crippen LogP contribution < -0.4 is 0 Å². The summed E-state index contributed by atoms with van der Waals surface area (Å²) in [6.45, 7) is 8.60. The van der Waals surface area contributed by atoms with Gasteiger partial charge < -0.3 is 14.7 Å². The zero-order valence-electron chi connectivity index (χ0n) is 28.0. The second-order valence-corrected chi connectivity index (χ2v) is 19.9. The van der Waals surface area contributed by atoms with Crippen LogP contribution in [0.4, 0.5) is 4.79 Å². The minimum Gasteiger partial charge on any atom is -0.440 e. The van der Waals surface area contributed by atoms with Crippen LogP contribution in [0.25, 0.3) is 0 Å². The number of rotatable bonds is 4. The Bertz CT molecular complexity index is 1570. The van der Waals surface area contributed by atoms with Crippen LogP contribution in [-0.4, -0.2) is 46.7 Å². The van der Waals surface area contributed by atoms with Crippen molar-refractivity contribution >= 4 is 23.2 Å². The number of Topliss-reactive ketones (excluding diaryl/α,β-unsaturated/α-hetero) is 1. The number of carbonyl (C=O) groups is 2. The fraction of sp³-hybridized carbons (Fsp3) is 0.750. The third-order valence-electron chi connectivity index (χ3n) is 16.6. The number of aliphatic hydroxyl groups excluding tert-OH is 1. The Morgan fingerprint density at radius 2 is 1.61 bits per heavy atom. The maximum Gasteiger partial charge on any atom is 0.410 e. The minimum absolute atomic E-state index is 0.00407. The second kappa shape index (κ2) is 9.00. The molecule has 46 heavy (non-hydrogen) atoms. The fourth-order valence-electron chi connectivity index (χ4n) is 15.1. The Labute approximate surface area is 278 Å². The van der Waals surface area contributed by atoms with E-state index in [2.05, 4.69) is 50.0 Å². The summed E-state index contributed by atoms with van der Waals surface area (Å²) >= 11 is 1.61. The van der Waals surface area contributed by atoms with Gasteiger partial charge in [-0.25, -0.2) is 4.79 Å². The summed E-state index contributed by atoms with van der Waals surface area (Å²) in [5, 5.41) is 11.0. The maximum absolute atomic E-state index is 14.7. The molecule has 10 aliphatic carbocycles. The fourth-order valence-corrected chi connectivity index (χ4v) is 15.9. The number of amides is 1. The number of aryl methyl sites for hydroxylation is 1. The molecule has 7 saturated carbocycles. The van der Waals surface area contributed by atoms with E-state index in [-0.39, 0.29) is 45.6 Å². The third kappa shape index (κ3) is 3.42. The molecular formula is C40H51NO4S. The van der Waals surface area contributed by atoms with Gasteiger partial charge in [-0.1, -0.05) is 32.1 Å². The molecular weight excluding hydrogens is 591 g/mol. The van der Waals surface area contributed by atoms with Crippen LogP contribution >= 0.6 is 11.3 Å². The van der Waals surface area contributed by atoms with E-state index in [4.69, 9.17) is 4.74 Å². The Balaban J connectivity index is 1.03. The van der Waals surface area contributed by atoms with Crippen LogP contribution in [0.1, 0.15) is 112 Å². The number of carbonyl (C=O) groups excluding carboxylic acids is 2. The molecule has 1 aliphatic heterocycles. The van der Waals surface area contributed by atoms with Crippen molar-refractivity contribution in [3.8, 4) is 0 Å². The van der Waals surface area contributed by atoms with E-state index in [1.54, 1.807) is 11.3 Å². The summed E-state index contributed by atoms with van der Waals surface area (Å²) in [4.78, 5) is 32.8. The topological polar surface area (TPSA) is 66.8 Å². The van der Waals surface area contributed by atoms with E-state index in [0.29, 0.717) is 17.8 Å². The quantitative estimate of drug-likeness (QED) is 0.265. The third-order valence-corrected chi connectivity index (χ3v) is 17.6. The van der Waals surface area contributed by atoms with Gasteiger partial charge in [0.25, 0.3) is 0 Å². The highest BCUT2D eigenvalue weighted by Crippen LogP contribution is 2.79. The van der Waals surface area contributed by atoms with Crippen LogP contribution in [0.5, 0.6) is 0 Å². The van der Waals surface area contributed by atoms with E-state index in [1.165, 1.54) is 38.5 Å². The number of fused-ring (bicyclic) bond motifs is 2. The van der Waals surface area contributed by atoms with Crippen LogP contribution in [0.15, 0.2) is 35.9 Å². The van der Waals surface area contributed by atoms with E-state index in [0.717, 1.165) is 84.7 Å². The lowest BCUT2D eigenvalue weighted by Gasteiger charge is -2.71. The lowest BCUT2D eigenvalue weighted by molar-refractivity contribution is -0.164. The molecule has 0 aromatic carbocycles. The lowest BCUT2D eigenvalue weighted by Crippen LogP contribution is -2.67. The zero-order valence-corrected chi connectivity index (χ0v) is 28.8. The molecule has 3 spiro atoms. The van der Waals surface area contributed by atoms with Gasteiger partial charge in [-0.05, 0) is 143 Å². The average Bonchev–Trinajstić information content (AvgIpc) is 3.66. The molecule has 1 amide bonds. The Morgan fingerprint density at radius 3 is 2.30 bits per heavy atom. The molecule has 8 atom stereocenters. The number of ketones is 1. The number of ether oxygens (including phenoxy) is 1. The highest BCUT2D eigenvalue weighted by atomic mass is 32.1. The molecule has 2 heterocycles. The van der Waals surface area contributed by atoms with E-state index >= 15 is 0 Å². The molecule has 12 rings (SSSR count). The highest BCUT2D eigenvalue weighted by Gasteiger charge is 2.76. The average molecular weight is 642 g/mol. The number of hydrogen-bond donors (Lipinski definition) is 1. The molecule has 1 aromatic heterocycles. The first-order valence-corrected chi connectivity index (χ1v) is 19.4. The van der Waals surface area contributed by atoms with Gasteiger partial charge in [-0.3, -0.25) is 4.79 Å². The van der Waals surface area contributed by atoms with Gasteiger partial charge >= 0.3 is 6.09 Å². The van der Waals surface area contributed by atoms with E-state index in [9.17, 15) is 14.7 Å². The SMILES string of the molecule is Cc1ccc(C(=O)C2=CC34C=CC25C(CCC2(C)C5CCC25CN(CC26CC7CC(CC(C7)C2)C6)C(=O)O5)C3(C)CCC(O)C4)s1. The maximum atomic E-state index is 14.7. The molecule has 246 valence electrons. The zero-order chi connectivity index (χ0) is 31.5. The summed E-state index contributed by atoms with van der Waals surface area (Å²) in [6.07, 6.45) is 21.5. The smallest absolute Gasteiger partial charge is 0.410 e. The predicted octanol–water partition coefficient (Wildman–Crippen LogP) is 8.51. The Kier molecular flexibility index (Phi) is 5.68. The summed E-state index contributed by atoms with van der Waals surface area (Å²) in [5.41, 5.74) is -0.0631. The standard InChI is InChI=1S/C40H51NO4S/c1-24-4-5-30(46-24)33(43)29-21-38-12-13-40(29)31(35(38,2)9-6-28(42)20-38)7-10-36(3)32(40)8-11-39(36)23-41(34(44)45-39)22-37-17-25-14-26(18-37)16-27(15-25)19-37/h4-5,12-13,21,25-28,31-32,42H,6-11,14-20,22-23H2,1-3H3. The predicted molar refractivity (Wildman–Crippen MR) is 178 cm³/mol. The molecule has 1 N–H and O–H groups in total. The van der Waals surface area contributed by atoms with Crippen molar-refractivity contribution in [1.82, 2.24) is 4.90 Å². The first-order valence-electron chi connectivity index (χ1n) is 18.6. The number of nitrogens with zero attached hydrogens (tertiary/aromatic N) is 1. The largest absolute Gasteiger partial charge is 0.440 e. The lowest BCUT2D eigenvalue weighted by atomic mass is 9.32. The Hall–Kier alpha value is -1.92. The van der Waals surface area contributed by atoms with Gasteiger partial charge in [0.05, 0.1) is 17.5 Å². The van der Waals surface area contributed by atoms with Crippen molar-refractivity contribution in [3.05, 3.63) is 45.7 Å². The number of thiophene rings is 1. The first-order chi connectivity index (χ1) is 21.9. The Morgan fingerprint density at radius 1 is 0.935 bits per heavy atom. The molecule has 6 heteroatoms. The van der Waals surface area contributed by atoms with Crippen molar-refractivity contribution < 1.29 is 19.4 Å². The first kappa shape index (κ1) is 29.0. The number of aliphatic hydroxyl groups is 1. The van der Waals surface area contributed by atoms with Crippen LogP contribution in [-0.2, 0) is 4.74 Å². The summed E-state index contributed by atoms with van der Waals surface area (Å²) in [6, 6.07) is 4.09. The highest BCUT2D eigenvalue weighted by molar-refractivity contribution is 7.14. The summed E-state index contributed by atoms with van der Waals surface area (Å²) in [5.74, 6) is 3.38. The van der Waals surface area contributed by atoms with Crippen molar-refractivity contribution in [1.29, 1.82) is 0 Å². The molecule has 1 aromatic rings. The molecule has 6 bridgehead atoms. The van der Waals surface area contributed by atoms with Crippen molar-refractivity contribution in [2.75, 3.05) is 13.1 Å². The van der Waals surface area contributed by atoms with Crippen molar-refractivity contribution in [2.45, 2.75) is 116 Å². The molecule has 11 aliphatic rings. The molecule has 5 nitrogen and oxygen atoms in total.